The minimum absolute atomic E-state index is 0.628. The van der Waals surface area contributed by atoms with E-state index in [4.69, 9.17) is 22.7 Å². The van der Waals surface area contributed by atoms with Gasteiger partial charge in [-0.05, 0) is 19.4 Å². The second-order valence-corrected chi connectivity index (χ2v) is 3.55. The summed E-state index contributed by atoms with van der Waals surface area (Å²) in [5, 5.41) is 0. The van der Waals surface area contributed by atoms with Crippen molar-refractivity contribution in [3.63, 3.8) is 0 Å². The Kier molecular flexibility index (Phi) is 4.50. The Balaban J connectivity index is 2.01. The van der Waals surface area contributed by atoms with Crippen molar-refractivity contribution in [2.45, 2.75) is 12.8 Å². The summed E-state index contributed by atoms with van der Waals surface area (Å²) in [6, 6.07) is 0. The molecule has 0 aliphatic carbocycles. The van der Waals surface area contributed by atoms with Crippen LogP contribution in [0.1, 0.15) is 12.8 Å². The summed E-state index contributed by atoms with van der Waals surface area (Å²) >= 11 is 4.80. The molecule has 12 heavy (non-hydrogen) atoms. The van der Waals surface area contributed by atoms with Crippen molar-refractivity contribution in [2.24, 2.45) is 5.73 Å². The molecule has 1 heterocycles. The zero-order valence-corrected chi connectivity index (χ0v) is 8.11. The predicted octanol–water partition coefficient (Wildman–Crippen LogP) is 0.385. The number of hydrogen-bond acceptors (Lipinski definition) is 3. The van der Waals surface area contributed by atoms with Crippen molar-refractivity contribution >= 4 is 17.2 Å². The van der Waals surface area contributed by atoms with Crippen molar-refractivity contribution in [2.75, 3.05) is 32.8 Å². The topological polar surface area (TPSA) is 38.5 Å². The molecule has 70 valence electrons. The second-order valence-electron chi connectivity index (χ2n) is 3.02. The first-order valence-corrected chi connectivity index (χ1v) is 4.78. The van der Waals surface area contributed by atoms with Crippen LogP contribution in [0.25, 0.3) is 0 Å². The lowest BCUT2D eigenvalue weighted by molar-refractivity contribution is 0.0377. The van der Waals surface area contributed by atoms with Gasteiger partial charge in [-0.2, -0.15) is 0 Å². The smallest absolute Gasteiger partial charge is 0.0727 e. The molecule has 1 aliphatic rings. The van der Waals surface area contributed by atoms with Crippen molar-refractivity contribution in [3.05, 3.63) is 0 Å². The summed E-state index contributed by atoms with van der Waals surface area (Å²) in [5.74, 6) is 0. The molecule has 1 rings (SSSR count). The van der Waals surface area contributed by atoms with E-state index in [-0.39, 0.29) is 0 Å². The Morgan fingerprint density at radius 1 is 1.42 bits per heavy atom. The molecule has 3 nitrogen and oxygen atoms in total. The summed E-state index contributed by atoms with van der Waals surface area (Å²) < 4.78 is 5.23. The molecule has 2 N–H and O–H groups in total. The van der Waals surface area contributed by atoms with E-state index in [1.54, 1.807) is 0 Å². The Labute approximate surface area is 78.9 Å². The molecule has 0 unspecified atom stereocenters. The molecule has 0 spiro atoms. The van der Waals surface area contributed by atoms with E-state index < -0.39 is 0 Å². The third kappa shape index (κ3) is 3.99. The normalized spacial score (nSPS) is 19.3. The lowest BCUT2D eigenvalue weighted by Gasteiger charge is -2.26. The predicted molar refractivity (Wildman–Crippen MR) is 53.3 cm³/mol. The highest BCUT2D eigenvalue weighted by Crippen LogP contribution is 1.99. The highest BCUT2D eigenvalue weighted by atomic mass is 32.1. The zero-order chi connectivity index (χ0) is 8.81. The monoisotopic (exact) mass is 188 g/mol. The van der Waals surface area contributed by atoms with Gasteiger partial charge in [-0.1, -0.05) is 12.2 Å². The minimum Gasteiger partial charge on any atom is -0.393 e. The summed E-state index contributed by atoms with van der Waals surface area (Å²) in [5.41, 5.74) is 5.40. The van der Waals surface area contributed by atoms with Gasteiger partial charge in [0.2, 0.25) is 0 Å². The standard InChI is InChI=1S/C8H16N2OS/c9-8(12)2-1-3-10-4-6-11-7-5-10/h1-7H2,(H2,9,12). The third-order valence-corrected chi connectivity index (χ3v) is 2.21. The fourth-order valence-corrected chi connectivity index (χ4v) is 1.45. The van der Waals surface area contributed by atoms with E-state index in [2.05, 4.69) is 4.90 Å². The highest BCUT2D eigenvalue weighted by Gasteiger charge is 2.08. The number of rotatable bonds is 4. The van der Waals surface area contributed by atoms with Gasteiger partial charge >= 0.3 is 0 Å². The Hall–Kier alpha value is -0.190. The van der Waals surface area contributed by atoms with Crippen molar-refractivity contribution in [1.82, 2.24) is 4.90 Å². The second kappa shape index (κ2) is 5.45. The third-order valence-electron chi connectivity index (χ3n) is 2.00. The van der Waals surface area contributed by atoms with Crippen LogP contribution in [0.4, 0.5) is 0 Å². The van der Waals surface area contributed by atoms with Gasteiger partial charge in [-0.25, -0.2) is 0 Å². The average Bonchev–Trinajstić information content (AvgIpc) is 2.05. The quantitative estimate of drug-likeness (QED) is 0.648. The van der Waals surface area contributed by atoms with E-state index in [0.717, 1.165) is 45.7 Å². The van der Waals surface area contributed by atoms with Crippen molar-refractivity contribution < 1.29 is 4.74 Å². The largest absolute Gasteiger partial charge is 0.393 e. The number of hydrogen-bond donors (Lipinski definition) is 1. The van der Waals surface area contributed by atoms with Gasteiger partial charge in [0, 0.05) is 13.1 Å². The average molecular weight is 188 g/mol. The summed E-state index contributed by atoms with van der Waals surface area (Å²) in [6.45, 7) is 4.94. The maximum absolute atomic E-state index is 5.40. The minimum atomic E-state index is 0.628. The fourth-order valence-electron chi connectivity index (χ4n) is 1.30. The Bertz CT molecular complexity index is 146. The molecule has 4 heteroatoms. The Morgan fingerprint density at radius 2 is 2.08 bits per heavy atom. The molecular weight excluding hydrogens is 172 g/mol. The molecule has 1 saturated heterocycles. The summed E-state index contributed by atoms with van der Waals surface area (Å²) in [7, 11) is 0. The van der Waals surface area contributed by atoms with Crippen LogP contribution in [0.3, 0.4) is 0 Å². The maximum atomic E-state index is 5.40. The van der Waals surface area contributed by atoms with E-state index in [9.17, 15) is 0 Å². The van der Waals surface area contributed by atoms with Gasteiger partial charge in [0.25, 0.3) is 0 Å². The maximum Gasteiger partial charge on any atom is 0.0727 e. The van der Waals surface area contributed by atoms with Gasteiger partial charge < -0.3 is 10.5 Å². The van der Waals surface area contributed by atoms with Crippen LogP contribution in [0, 0.1) is 0 Å². The van der Waals surface area contributed by atoms with Crippen LogP contribution in [0.5, 0.6) is 0 Å². The first-order valence-electron chi connectivity index (χ1n) is 4.37. The van der Waals surface area contributed by atoms with Gasteiger partial charge in [0.15, 0.2) is 0 Å². The highest BCUT2D eigenvalue weighted by molar-refractivity contribution is 7.80. The number of nitrogens with zero attached hydrogens (tertiary/aromatic N) is 1. The molecule has 0 aromatic carbocycles. The van der Waals surface area contributed by atoms with E-state index in [1.165, 1.54) is 0 Å². The van der Waals surface area contributed by atoms with Crippen molar-refractivity contribution in [1.29, 1.82) is 0 Å². The molecule has 0 saturated carbocycles. The Morgan fingerprint density at radius 3 is 2.67 bits per heavy atom. The van der Waals surface area contributed by atoms with Gasteiger partial charge in [-0.15, -0.1) is 0 Å². The SMILES string of the molecule is NC(=S)CCCN1CCOCC1. The molecule has 0 aromatic heterocycles. The van der Waals surface area contributed by atoms with Gasteiger partial charge in [0.05, 0.1) is 18.2 Å². The molecule has 0 amide bonds. The van der Waals surface area contributed by atoms with Gasteiger partial charge in [0.1, 0.15) is 0 Å². The number of ether oxygens (including phenoxy) is 1. The van der Waals surface area contributed by atoms with E-state index in [0.29, 0.717) is 4.99 Å². The van der Waals surface area contributed by atoms with Crippen LogP contribution >= 0.6 is 12.2 Å². The molecule has 0 bridgehead atoms. The first kappa shape index (κ1) is 9.89. The molecular formula is C8H16N2OS. The number of morpholine rings is 1. The van der Waals surface area contributed by atoms with Crippen LogP contribution in [-0.2, 0) is 4.74 Å². The molecule has 1 aliphatic heterocycles. The molecule has 0 aromatic rings. The van der Waals surface area contributed by atoms with Gasteiger partial charge in [-0.3, -0.25) is 4.90 Å². The molecule has 0 atom stereocenters. The molecule has 1 fully saturated rings. The van der Waals surface area contributed by atoms with E-state index >= 15 is 0 Å². The molecule has 0 radical (unpaired) electrons. The van der Waals surface area contributed by atoms with Crippen LogP contribution in [0.2, 0.25) is 0 Å². The lowest BCUT2D eigenvalue weighted by atomic mass is 10.3. The fraction of sp³-hybridized carbons (Fsp3) is 0.875. The summed E-state index contributed by atoms with van der Waals surface area (Å²) in [6.07, 6.45) is 1.95. The first-order chi connectivity index (χ1) is 5.79. The number of thiocarbonyl (C=S) groups is 1. The van der Waals surface area contributed by atoms with Crippen LogP contribution in [0.15, 0.2) is 0 Å². The lowest BCUT2D eigenvalue weighted by Crippen LogP contribution is -2.37. The van der Waals surface area contributed by atoms with Crippen LogP contribution in [-0.4, -0.2) is 42.7 Å². The summed E-state index contributed by atoms with van der Waals surface area (Å²) in [4.78, 5) is 3.02. The number of nitrogens with two attached hydrogens (primary N) is 1. The zero-order valence-electron chi connectivity index (χ0n) is 7.29. The van der Waals surface area contributed by atoms with Crippen LogP contribution < -0.4 is 5.73 Å². The van der Waals surface area contributed by atoms with Crippen molar-refractivity contribution in [3.8, 4) is 0 Å². The van der Waals surface area contributed by atoms with E-state index in [1.807, 2.05) is 0 Å².